The monoisotopic (exact) mass is 456 g/mol. The lowest BCUT2D eigenvalue weighted by atomic mass is 10.1. The van der Waals surface area contributed by atoms with Gasteiger partial charge < -0.3 is 14.4 Å². The molecule has 1 aliphatic rings. The molecule has 166 valence electrons. The molecule has 0 spiro atoms. The van der Waals surface area contributed by atoms with Crippen LogP contribution in [0.25, 0.3) is 0 Å². The molecule has 0 aliphatic carbocycles. The quantitative estimate of drug-likeness (QED) is 0.613. The number of rotatable bonds is 6. The van der Waals surface area contributed by atoms with Crippen LogP contribution >= 0.6 is 0 Å². The van der Waals surface area contributed by atoms with E-state index in [9.17, 15) is 17.6 Å². The second kappa shape index (κ2) is 8.88. The molecule has 0 bridgehead atoms. The molecule has 0 unspecified atom stereocenters. The Hall–Kier alpha value is -3.59. The van der Waals surface area contributed by atoms with Crippen LogP contribution in [0.2, 0.25) is 0 Å². The number of halogens is 1. The SMILES string of the molecule is CN(C[C@H]1COc2ccccc2O1)C(=O)c1ccccc1NS(=O)(=O)c1ccc(F)cc1. The Morgan fingerprint density at radius 2 is 1.69 bits per heavy atom. The summed E-state index contributed by atoms with van der Waals surface area (Å²) >= 11 is 0. The van der Waals surface area contributed by atoms with Crippen molar-refractivity contribution in [1.29, 1.82) is 0 Å². The van der Waals surface area contributed by atoms with Gasteiger partial charge in [-0.3, -0.25) is 9.52 Å². The van der Waals surface area contributed by atoms with Crippen molar-refractivity contribution < 1.29 is 27.1 Å². The van der Waals surface area contributed by atoms with Crippen LogP contribution in [0.5, 0.6) is 11.5 Å². The van der Waals surface area contributed by atoms with E-state index in [4.69, 9.17) is 9.47 Å². The zero-order chi connectivity index (χ0) is 22.7. The first-order valence-electron chi connectivity index (χ1n) is 9.85. The zero-order valence-electron chi connectivity index (χ0n) is 17.2. The minimum Gasteiger partial charge on any atom is -0.486 e. The lowest BCUT2D eigenvalue weighted by Crippen LogP contribution is -2.42. The Morgan fingerprint density at radius 3 is 2.44 bits per heavy atom. The molecule has 1 N–H and O–H groups in total. The van der Waals surface area contributed by atoms with Crippen molar-refractivity contribution in [3.05, 3.63) is 84.2 Å². The first-order valence-corrected chi connectivity index (χ1v) is 11.3. The summed E-state index contributed by atoms with van der Waals surface area (Å²) < 4.78 is 52.6. The molecule has 0 radical (unpaired) electrons. The minimum absolute atomic E-state index is 0.110. The van der Waals surface area contributed by atoms with Crippen LogP contribution in [0, 0.1) is 5.82 Å². The summed E-state index contributed by atoms with van der Waals surface area (Å²) in [4.78, 5) is 14.4. The summed E-state index contributed by atoms with van der Waals surface area (Å²) in [6.07, 6.45) is -0.373. The molecule has 9 heteroatoms. The Kier molecular flexibility index (Phi) is 6.00. The molecule has 4 rings (SSSR count). The second-order valence-corrected chi connectivity index (χ2v) is 8.97. The average Bonchev–Trinajstić information content (AvgIpc) is 2.79. The number of hydrogen-bond acceptors (Lipinski definition) is 5. The molecule has 32 heavy (non-hydrogen) atoms. The van der Waals surface area contributed by atoms with Gasteiger partial charge in [-0.15, -0.1) is 0 Å². The fourth-order valence-electron chi connectivity index (χ4n) is 3.32. The summed E-state index contributed by atoms with van der Waals surface area (Å²) in [5.74, 6) is 0.331. The van der Waals surface area contributed by atoms with Gasteiger partial charge in [0.05, 0.1) is 22.7 Å². The number of para-hydroxylation sites is 3. The van der Waals surface area contributed by atoms with E-state index >= 15 is 0 Å². The highest BCUT2D eigenvalue weighted by atomic mass is 32.2. The third-order valence-electron chi connectivity index (χ3n) is 4.92. The van der Waals surface area contributed by atoms with Crippen molar-refractivity contribution in [3.8, 4) is 11.5 Å². The van der Waals surface area contributed by atoms with E-state index in [2.05, 4.69) is 4.72 Å². The predicted octanol–water partition coefficient (Wildman–Crippen LogP) is 3.54. The van der Waals surface area contributed by atoms with E-state index in [1.807, 2.05) is 18.2 Å². The van der Waals surface area contributed by atoms with E-state index in [1.165, 1.54) is 17.0 Å². The number of carbonyl (C=O) groups excluding carboxylic acids is 1. The largest absolute Gasteiger partial charge is 0.486 e. The molecular weight excluding hydrogens is 435 g/mol. The van der Waals surface area contributed by atoms with Gasteiger partial charge in [-0.25, -0.2) is 12.8 Å². The number of carbonyl (C=O) groups is 1. The van der Waals surface area contributed by atoms with Gasteiger partial charge in [0.1, 0.15) is 12.4 Å². The number of amides is 1. The lowest BCUT2D eigenvalue weighted by Gasteiger charge is -2.30. The number of sulfonamides is 1. The number of ether oxygens (including phenoxy) is 2. The van der Waals surface area contributed by atoms with Crippen LogP contribution in [0.15, 0.2) is 77.7 Å². The maximum absolute atomic E-state index is 13.2. The van der Waals surface area contributed by atoms with Crippen LogP contribution in [-0.2, 0) is 10.0 Å². The number of hydrogen-bond donors (Lipinski definition) is 1. The van der Waals surface area contributed by atoms with Gasteiger partial charge in [-0.05, 0) is 48.5 Å². The van der Waals surface area contributed by atoms with Crippen molar-refractivity contribution >= 4 is 21.6 Å². The number of fused-ring (bicyclic) bond motifs is 1. The van der Waals surface area contributed by atoms with Crippen LogP contribution in [0.3, 0.4) is 0 Å². The van der Waals surface area contributed by atoms with Crippen molar-refractivity contribution in [2.75, 3.05) is 24.9 Å². The summed E-state index contributed by atoms with van der Waals surface area (Å²) in [5, 5.41) is 0. The third-order valence-corrected chi connectivity index (χ3v) is 6.30. The maximum atomic E-state index is 13.2. The molecule has 0 saturated carbocycles. The van der Waals surface area contributed by atoms with Crippen molar-refractivity contribution in [3.63, 3.8) is 0 Å². The third kappa shape index (κ3) is 4.67. The number of benzene rings is 3. The van der Waals surface area contributed by atoms with Crippen LogP contribution < -0.4 is 14.2 Å². The zero-order valence-corrected chi connectivity index (χ0v) is 18.0. The summed E-state index contributed by atoms with van der Waals surface area (Å²) in [5.41, 5.74) is 0.303. The highest BCUT2D eigenvalue weighted by molar-refractivity contribution is 7.92. The number of likely N-dealkylation sites (N-methyl/N-ethyl adjacent to an activating group) is 1. The highest BCUT2D eigenvalue weighted by Crippen LogP contribution is 2.31. The number of nitrogens with one attached hydrogen (secondary N) is 1. The van der Waals surface area contributed by atoms with Crippen molar-refractivity contribution in [2.45, 2.75) is 11.0 Å². The van der Waals surface area contributed by atoms with Crippen molar-refractivity contribution in [1.82, 2.24) is 4.90 Å². The molecule has 0 saturated heterocycles. The molecule has 1 atom stereocenters. The van der Waals surface area contributed by atoms with Crippen LogP contribution in [0.4, 0.5) is 10.1 Å². The fourth-order valence-corrected chi connectivity index (χ4v) is 4.40. The molecular formula is C23H21FN2O5S. The molecule has 1 amide bonds. The molecule has 0 fully saturated rings. The normalized spacial score (nSPS) is 15.1. The Morgan fingerprint density at radius 1 is 1.03 bits per heavy atom. The molecule has 1 heterocycles. The Labute approximate surface area is 185 Å². The standard InChI is InChI=1S/C23H21FN2O5S/c1-26(14-17-15-30-21-8-4-5-9-22(21)31-17)23(27)19-6-2-3-7-20(19)25-32(28,29)18-12-10-16(24)11-13-18/h2-13,17,25H,14-15H2,1H3/t17-/m0/s1. The van der Waals surface area contributed by atoms with Gasteiger partial charge in [0.25, 0.3) is 15.9 Å². The number of nitrogens with zero attached hydrogens (tertiary/aromatic N) is 1. The molecule has 7 nitrogen and oxygen atoms in total. The summed E-state index contributed by atoms with van der Waals surface area (Å²) in [6, 6.07) is 18.0. The minimum atomic E-state index is -4.00. The van der Waals surface area contributed by atoms with Gasteiger partial charge in [0.15, 0.2) is 17.6 Å². The van der Waals surface area contributed by atoms with Gasteiger partial charge in [-0.2, -0.15) is 0 Å². The highest BCUT2D eigenvalue weighted by Gasteiger charge is 2.26. The second-order valence-electron chi connectivity index (χ2n) is 7.29. The molecule has 1 aliphatic heterocycles. The van der Waals surface area contributed by atoms with Gasteiger partial charge in [0.2, 0.25) is 0 Å². The molecule has 0 aromatic heterocycles. The molecule has 3 aromatic rings. The summed E-state index contributed by atoms with van der Waals surface area (Å²) in [6.45, 7) is 0.527. The average molecular weight is 456 g/mol. The van der Waals surface area contributed by atoms with E-state index in [1.54, 1.807) is 25.2 Å². The Balaban J connectivity index is 1.49. The van der Waals surface area contributed by atoms with Crippen molar-refractivity contribution in [2.24, 2.45) is 0 Å². The predicted molar refractivity (Wildman–Crippen MR) is 117 cm³/mol. The van der Waals surface area contributed by atoms with Gasteiger partial charge in [0, 0.05) is 7.05 Å². The maximum Gasteiger partial charge on any atom is 0.261 e. The number of anilines is 1. The first kappa shape index (κ1) is 21.6. The molecule has 3 aromatic carbocycles. The fraction of sp³-hybridized carbons (Fsp3) is 0.174. The van der Waals surface area contributed by atoms with Gasteiger partial charge in [-0.1, -0.05) is 24.3 Å². The first-order chi connectivity index (χ1) is 15.3. The van der Waals surface area contributed by atoms with E-state index in [0.717, 1.165) is 24.3 Å². The topological polar surface area (TPSA) is 84.9 Å². The smallest absolute Gasteiger partial charge is 0.261 e. The Bertz CT molecular complexity index is 1230. The summed E-state index contributed by atoms with van der Waals surface area (Å²) in [7, 11) is -2.40. The van der Waals surface area contributed by atoms with E-state index in [0.29, 0.717) is 11.5 Å². The van der Waals surface area contributed by atoms with E-state index < -0.39 is 15.8 Å². The van der Waals surface area contributed by atoms with Crippen LogP contribution in [-0.4, -0.2) is 45.5 Å². The van der Waals surface area contributed by atoms with Gasteiger partial charge >= 0.3 is 0 Å². The lowest BCUT2D eigenvalue weighted by molar-refractivity contribution is 0.0521. The van der Waals surface area contributed by atoms with E-state index in [-0.39, 0.29) is 41.3 Å². The van der Waals surface area contributed by atoms with Crippen LogP contribution in [0.1, 0.15) is 10.4 Å².